The van der Waals surface area contributed by atoms with Crippen LogP contribution in [0.5, 0.6) is 5.75 Å². The van der Waals surface area contributed by atoms with Crippen molar-refractivity contribution in [2.45, 2.75) is 58.5 Å². The molecule has 0 unspecified atom stereocenters. The molecule has 2 aliphatic rings. The Balaban J connectivity index is 1.52. The largest absolute Gasteiger partial charge is 0.491 e. The van der Waals surface area contributed by atoms with Gasteiger partial charge in [-0.25, -0.2) is 9.07 Å². The van der Waals surface area contributed by atoms with Crippen LogP contribution in [0.3, 0.4) is 0 Å². The van der Waals surface area contributed by atoms with Crippen LogP contribution in [0.1, 0.15) is 55.6 Å². The van der Waals surface area contributed by atoms with Crippen LogP contribution in [0, 0.1) is 11.7 Å². The molecule has 2 bridgehead atoms. The lowest BCUT2D eigenvalue weighted by atomic mass is 10.0. The number of fused-ring (bicyclic) bond motifs is 3. The molecular weight excluding hydrogens is 517 g/mol. The Bertz CT molecular complexity index is 1170. The molecule has 40 heavy (non-hydrogen) atoms. The van der Waals surface area contributed by atoms with E-state index in [0.29, 0.717) is 39.0 Å². The molecule has 0 spiro atoms. The first-order valence-electron chi connectivity index (χ1n) is 14.2. The molecule has 3 amide bonds. The fourth-order valence-electron chi connectivity index (χ4n) is 4.99. The molecule has 2 aliphatic heterocycles. The van der Waals surface area contributed by atoms with Gasteiger partial charge in [0, 0.05) is 45.3 Å². The lowest BCUT2D eigenvalue weighted by molar-refractivity contribution is -0.133. The number of carbonyl (C=O) groups excluding carboxylic acids is 3. The summed E-state index contributed by atoms with van der Waals surface area (Å²) in [4.78, 5) is 43.3. The second-order valence-corrected chi connectivity index (χ2v) is 10.9. The number of halogens is 1. The third-order valence-corrected chi connectivity index (χ3v) is 7.16. The second kappa shape index (κ2) is 14.2. The van der Waals surface area contributed by atoms with E-state index in [1.165, 1.54) is 12.1 Å². The van der Waals surface area contributed by atoms with Gasteiger partial charge < -0.3 is 20.3 Å². The number of likely N-dealkylation sites (tertiary alicyclic amines) is 1. The Morgan fingerprint density at radius 2 is 1.93 bits per heavy atom. The number of amides is 3. The number of aromatic nitrogens is 3. The Kier molecular flexibility index (Phi) is 10.5. The van der Waals surface area contributed by atoms with Crippen LogP contribution in [0.4, 0.5) is 4.39 Å². The number of hydrogen-bond donors (Lipinski definition) is 2. The predicted molar refractivity (Wildman–Crippen MR) is 146 cm³/mol. The third-order valence-electron chi connectivity index (χ3n) is 7.16. The van der Waals surface area contributed by atoms with Gasteiger partial charge in [0.2, 0.25) is 11.8 Å². The summed E-state index contributed by atoms with van der Waals surface area (Å²) < 4.78 is 21.6. The highest BCUT2D eigenvalue weighted by molar-refractivity contribution is 5.99. The first kappa shape index (κ1) is 29.4. The maximum atomic E-state index is 14.1. The lowest BCUT2D eigenvalue weighted by Crippen LogP contribution is -2.50. The van der Waals surface area contributed by atoms with E-state index in [1.54, 1.807) is 4.68 Å². The topological polar surface area (TPSA) is 122 Å². The minimum atomic E-state index is -0.810. The third kappa shape index (κ3) is 8.48. The van der Waals surface area contributed by atoms with E-state index >= 15 is 0 Å². The Morgan fingerprint density at radius 1 is 1.12 bits per heavy atom. The molecule has 0 aliphatic carbocycles. The van der Waals surface area contributed by atoms with Gasteiger partial charge in [-0.1, -0.05) is 19.1 Å². The zero-order chi connectivity index (χ0) is 28.5. The van der Waals surface area contributed by atoms with E-state index < -0.39 is 17.8 Å². The first-order valence-corrected chi connectivity index (χ1v) is 14.2. The number of hydrogen-bond acceptors (Lipinski definition) is 7. The second-order valence-electron chi connectivity index (χ2n) is 10.9. The highest BCUT2D eigenvalue weighted by Crippen LogP contribution is 2.21. The van der Waals surface area contributed by atoms with Gasteiger partial charge >= 0.3 is 0 Å². The SMILES string of the molecule is CC(C)C[C@H]1NC(=O)c2cc(F)ccc2OCCn2cc(nn2)CCN(CC(=O)N2CCCCC2)CCNC1=O. The summed E-state index contributed by atoms with van der Waals surface area (Å²) in [5, 5.41) is 14.1. The van der Waals surface area contributed by atoms with Crippen LogP contribution in [0.15, 0.2) is 24.4 Å². The maximum Gasteiger partial charge on any atom is 0.255 e. The molecule has 2 N–H and O–H groups in total. The van der Waals surface area contributed by atoms with E-state index in [-0.39, 0.29) is 42.2 Å². The van der Waals surface area contributed by atoms with Crippen molar-refractivity contribution in [3.8, 4) is 5.75 Å². The summed E-state index contributed by atoms with van der Waals surface area (Å²) in [6.45, 7) is 7.65. The van der Waals surface area contributed by atoms with Gasteiger partial charge in [0.05, 0.1) is 24.3 Å². The van der Waals surface area contributed by atoms with Crippen molar-refractivity contribution < 1.29 is 23.5 Å². The van der Waals surface area contributed by atoms with Gasteiger partial charge in [-0.2, -0.15) is 0 Å². The van der Waals surface area contributed by atoms with Crippen molar-refractivity contribution in [3.63, 3.8) is 0 Å². The molecule has 11 nitrogen and oxygen atoms in total. The molecule has 218 valence electrons. The molecule has 2 aromatic rings. The van der Waals surface area contributed by atoms with Gasteiger partial charge in [0.15, 0.2) is 0 Å². The monoisotopic (exact) mass is 557 g/mol. The van der Waals surface area contributed by atoms with Crippen molar-refractivity contribution in [3.05, 3.63) is 41.5 Å². The van der Waals surface area contributed by atoms with Crippen LogP contribution in [0.2, 0.25) is 0 Å². The minimum absolute atomic E-state index is 0.0179. The molecule has 12 heteroatoms. The predicted octanol–water partition coefficient (Wildman–Crippen LogP) is 1.63. The molecular formula is C28H40FN7O4. The summed E-state index contributed by atoms with van der Waals surface area (Å²) in [7, 11) is 0. The highest BCUT2D eigenvalue weighted by Gasteiger charge is 2.25. The molecule has 1 atom stereocenters. The van der Waals surface area contributed by atoms with E-state index in [9.17, 15) is 18.8 Å². The number of carbonyl (C=O) groups is 3. The molecule has 4 rings (SSSR count). The average molecular weight is 558 g/mol. The summed E-state index contributed by atoms with van der Waals surface area (Å²) in [5.74, 6) is -1.06. The summed E-state index contributed by atoms with van der Waals surface area (Å²) >= 11 is 0. The van der Waals surface area contributed by atoms with Gasteiger partial charge in [-0.05, 0) is 49.8 Å². The summed E-state index contributed by atoms with van der Waals surface area (Å²) in [6, 6.07) is 2.94. The van der Waals surface area contributed by atoms with Crippen molar-refractivity contribution in [1.82, 2.24) is 35.4 Å². The van der Waals surface area contributed by atoms with E-state index in [4.69, 9.17) is 4.74 Å². The van der Waals surface area contributed by atoms with Gasteiger partial charge in [-0.3, -0.25) is 19.3 Å². The van der Waals surface area contributed by atoms with E-state index in [0.717, 1.165) is 44.1 Å². The number of nitrogens with zero attached hydrogens (tertiary/aromatic N) is 5. The van der Waals surface area contributed by atoms with Crippen LogP contribution in [-0.2, 0) is 22.6 Å². The van der Waals surface area contributed by atoms with Crippen LogP contribution in [-0.4, -0.2) is 94.4 Å². The Labute approximate surface area is 234 Å². The van der Waals surface area contributed by atoms with Gasteiger partial charge in [0.25, 0.3) is 5.91 Å². The molecule has 1 fully saturated rings. The fraction of sp³-hybridized carbons (Fsp3) is 0.607. The fourth-order valence-corrected chi connectivity index (χ4v) is 4.99. The van der Waals surface area contributed by atoms with Crippen molar-refractivity contribution in [2.24, 2.45) is 5.92 Å². The zero-order valence-electron chi connectivity index (χ0n) is 23.4. The smallest absolute Gasteiger partial charge is 0.255 e. The normalized spacial score (nSPS) is 20.1. The molecule has 1 aromatic carbocycles. The van der Waals surface area contributed by atoms with Gasteiger partial charge in [-0.15, -0.1) is 5.10 Å². The van der Waals surface area contributed by atoms with E-state index in [1.807, 2.05) is 29.8 Å². The van der Waals surface area contributed by atoms with Crippen molar-refractivity contribution >= 4 is 17.7 Å². The van der Waals surface area contributed by atoms with Crippen molar-refractivity contribution in [2.75, 3.05) is 45.9 Å². The first-order chi connectivity index (χ1) is 19.3. The number of nitrogens with one attached hydrogen (secondary N) is 2. The average Bonchev–Trinajstić information content (AvgIpc) is 3.39. The van der Waals surface area contributed by atoms with Crippen LogP contribution >= 0.6 is 0 Å². The Hall–Kier alpha value is -3.54. The number of benzene rings is 1. The van der Waals surface area contributed by atoms with Crippen LogP contribution in [0.25, 0.3) is 0 Å². The number of ether oxygens (including phenoxy) is 1. The highest BCUT2D eigenvalue weighted by atomic mass is 19.1. The van der Waals surface area contributed by atoms with E-state index in [2.05, 4.69) is 20.9 Å². The molecule has 1 saturated heterocycles. The van der Waals surface area contributed by atoms with Gasteiger partial charge in [0.1, 0.15) is 24.2 Å². The zero-order valence-corrected chi connectivity index (χ0v) is 23.4. The van der Waals surface area contributed by atoms with Crippen LogP contribution < -0.4 is 15.4 Å². The Morgan fingerprint density at radius 3 is 2.70 bits per heavy atom. The molecule has 1 aromatic heterocycles. The van der Waals surface area contributed by atoms with Crippen molar-refractivity contribution in [1.29, 1.82) is 0 Å². The maximum absolute atomic E-state index is 14.1. The number of rotatable bonds is 4. The molecule has 3 heterocycles. The standard InChI is InChI=1S/C28H40FN7O4/c1-20(2)16-24-28(39)30-9-13-34(19-26(37)35-10-4-3-5-11-35)12-8-22-18-36(33-32-22)14-15-40-25-7-6-21(29)17-23(25)27(38)31-24/h6-7,17-18,20,24H,3-5,8-16,19H2,1-2H3,(H,30,39)(H,31,38)/t24-/m1/s1. The minimum Gasteiger partial charge on any atom is -0.491 e. The lowest BCUT2D eigenvalue weighted by Gasteiger charge is -2.30. The quantitative estimate of drug-likeness (QED) is 0.586. The molecule has 0 saturated carbocycles. The molecule has 0 radical (unpaired) electrons. The summed E-state index contributed by atoms with van der Waals surface area (Å²) in [6.07, 6.45) is 6.02. The number of piperidine rings is 1. The summed E-state index contributed by atoms with van der Waals surface area (Å²) in [5.41, 5.74) is 0.795.